The van der Waals surface area contributed by atoms with Gasteiger partial charge >= 0.3 is 0 Å². The summed E-state index contributed by atoms with van der Waals surface area (Å²) < 4.78 is 5.86. The summed E-state index contributed by atoms with van der Waals surface area (Å²) in [6, 6.07) is 7.09. The van der Waals surface area contributed by atoms with Crippen LogP contribution < -0.4 is 10.1 Å². The first kappa shape index (κ1) is 13.7. The fourth-order valence-corrected chi connectivity index (χ4v) is 3.04. The van der Waals surface area contributed by atoms with Crippen LogP contribution in [0.15, 0.2) is 18.2 Å². The Balaban J connectivity index is 1.64. The number of fused-ring (bicyclic) bond motifs is 1. The van der Waals surface area contributed by atoms with Crippen LogP contribution in [0.4, 0.5) is 5.69 Å². The minimum atomic E-state index is 0.661. The van der Waals surface area contributed by atoms with Crippen molar-refractivity contribution in [3.63, 3.8) is 0 Å². The number of para-hydroxylation sites is 1. The van der Waals surface area contributed by atoms with Gasteiger partial charge in [0.05, 0.1) is 5.69 Å². The molecule has 20 heavy (non-hydrogen) atoms. The Morgan fingerprint density at radius 2 is 2.00 bits per heavy atom. The van der Waals surface area contributed by atoms with Crippen molar-refractivity contribution >= 4 is 5.69 Å². The monoisotopic (exact) mass is 275 g/mol. The lowest BCUT2D eigenvalue weighted by molar-refractivity contribution is 0.103. The second-order valence-electron chi connectivity index (χ2n) is 5.97. The van der Waals surface area contributed by atoms with Crippen LogP contribution in [0.1, 0.15) is 19.4 Å². The van der Waals surface area contributed by atoms with Crippen molar-refractivity contribution in [3.05, 3.63) is 23.8 Å². The predicted molar refractivity (Wildman–Crippen MR) is 82.4 cm³/mol. The zero-order valence-corrected chi connectivity index (χ0v) is 12.6. The van der Waals surface area contributed by atoms with E-state index in [2.05, 4.69) is 47.2 Å². The molecule has 0 spiro atoms. The first-order valence-corrected chi connectivity index (χ1v) is 7.69. The molecule has 3 rings (SSSR count). The number of nitrogens with one attached hydrogen (secondary N) is 1. The third-order valence-electron chi connectivity index (χ3n) is 4.29. The average molecular weight is 275 g/mol. The second kappa shape index (κ2) is 6.02. The van der Waals surface area contributed by atoms with E-state index in [9.17, 15) is 0 Å². The molecule has 0 atom stereocenters. The maximum atomic E-state index is 5.86. The molecule has 0 aliphatic carbocycles. The van der Waals surface area contributed by atoms with Gasteiger partial charge in [-0.15, -0.1) is 0 Å². The summed E-state index contributed by atoms with van der Waals surface area (Å²) >= 11 is 0. The molecular weight excluding hydrogens is 250 g/mol. The Morgan fingerprint density at radius 3 is 2.75 bits per heavy atom. The van der Waals surface area contributed by atoms with E-state index in [0.717, 1.165) is 44.2 Å². The van der Waals surface area contributed by atoms with E-state index >= 15 is 0 Å². The molecule has 0 amide bonds. The number of rotatable bonds is 3. The standard InChI is InChI=1S/C16H25N3O/c1-13(2)19-9-7-18(8-10-19)12-14-4-3-5-15-16(14)20-11-6-17-15/h3-5,13,17H,6-12H2,1-2H3. The SMILES string of the molecule is CC(C)N1CCN(Cc2cccc3c2OCCN3)CC1. The van der Waals surface area contributed by atoms with Crippen LogP contribution in [0.2, 0.25) is 0 Å². The van der Waals surface area contributed by atoms with Crippen LogP contribution in [-0.2, 0) is 6.54 Å². The molecule has 2 aliphatic heterocycles. The summed E-state index contributed by atoms with van der Waals surface area (Å²) in [7, 11) is 0. The number of benzene rings is 1. The molecule has 1 N–H and O–H groups in total. The van der Waals surface area contributed by atoms with Crippen LogP contribution in [0.25, 0.3) is 0 Å². The molecule has 2 heterocycles. The number of ether oxygens (including phenoxy) is 1. The summed E-state index contributed by atoms with van der Waals surface area (Å²) in [5.74, 6) is 1.06. The van der Waals surface area contributed by atoms with E-state index in [1.807, 2.05) is 0 Å². The number of piperazine rings is 1. The summed E-state index contributed by atoms with van der Waals surface area (Å²) in [6.45, 7) is 11.9. The Labute approximate surface area is 121 Å². The largest absolute Gasteiger partial charge is 0.489 e. The Kier molecular flexibility index (Phi) is 4.13. The molecule has 1 saturated heterocycles. The number of hydrogen-bond donors (Lipinski definition) is 1. The minimum absolute atomic E-state index is 0.661. The van der Waals surface area contributed by atoms with E-state index in [1.54, 1.807) is 0 Å². The van der Waals surface area contributed by atoms with Crippen LogP contribution in [0, 0.1) is 0 Å². The number of nitrogens with zero attached hydrogens (tertiary/aromatic N) is 2. The third kappa shape index (κ3) is 2.91. The highest BCUT2D eigenvalue weighted by molar-refractivity contribution is 5.61. The van der Waals surface area contributed by atoms with Crippen molar-refractivity contribution in [2.24, 2.45) is 0 Å². The second-order valence-corrected chi connectivity index (χ2v) is 5.97. The van der Waals surface area contributed by atoms with E-state index in [0.29, 0.717) is 6.04 Å². The Hall–Kier alpha value is -1.26. The van der Waals surface area contributed by atoms with Crippen molar-refractivity contribution < 1.29 is 4.74 Å². The molecule has 2 aliphatic rings. The van der Waals surface area contributed by atoms with Crippen molar-refractivity contribution in [1.82, 2.24) is 9.80 Å². The van der Waals surface area contributed by atoms with Crippen LogP contribution in [-0.4, -0.2) is 55.2 Å². The zero-order valence-electron chi connectivity index (χ0n) is 12.6. The highest BCUT2D eigenvalue weighted by Crippen LogP contribution is 2.32. The normalized spacial score (nSPS) is 20.4. The predicted octanol–water partition coefficient (Wildman–Crippen LogP) is 2.02. The summed E-state index contributed by atoms with van der Waals surface area (Å²) in [6.07, 6.45) is 0. The Bertz CT molecular complexity index is 453. The molecule has 1 aromatic rings. The molecule has 1 fully saturated rings. The zero-order chi connectivity index (χ0) is 13.9. The van der Waals surface area contributed by atoms with Gasteiger partial charge in [-0.3, -0.25) is 9.80 Å². The highest BCUT2D eigenvalue weighted by Gasteiger charge is 2.21. The molecule has 0 aromatic heterocycles. The van der Waals surface area contributed by atoms with Gasteiger partial charge in [0, 0.05) is 50.9 Å². The topological polar surface area (TPSA) is 27.7 Å². The molecule has 0 unspecified atom stereocenters. The molecule has 0 saturated carbocycles. The van der Waals surface area contributed by atoms with Gasteiger partial charge in [-0.25, -0.2) is 0 Å². The van der Waals surface area contributed by atoms with Gasteiger partial charge in [0.1, 0.15) is 12.4 Å². The maximum Gasteiger partial charge on any atom is 0.146 e. The van der Waals surface area contributed by atoms with E-state index in [-0.39, 0.29) is 0 Å². The Morgan fingerprint density at radius 1 is 1.20 bits per heavy atom. The number of hydrogen-bond acceptors (Lipinski definition) is 4. The van der Waals surface area contributed by atoms with E-state index in [4.69, 9.17) is 4.74 Å². The highest BCUT2D eigenvalue weighted by atomic mass is 16.5. The third-order valence-corrected chi connectivity index (χ3v) is 4.29. The van der Waals surface area contributed by atoms with Gasteiger partial charge in [0.25, 0.3) is 0 Å². The molecule has 0 radical (unpaired) electrons. The van der Waals surface area contributed by atoms with Gasteiger partial charge < -0.3 is 10.1 Å². The van der Waals surface area contributed by atoms with Gasteiger partial charge in [-0.05, 0) is 19.9 Å². The molecule has 0 bridgehead atoms. The smallest absolute Gasteiger partial charge is 0.146 e. The van der Waals surface area contributed by atoms with Gasteiger partial charge in [-0.2, -0.15) is 0 Å². The van der Waals surface area contributed by atoms with E-state index in [1.165, 1.54) is 18.7 Å². The lowest BCUT2D eigenvalue weighted by atomic mass is 10.1. The number of anilines is 1. The van der Waals surface area contributed by atoms with Crippen LogP contribution >= 0.6 is 0 Å². The quantitative estimate of drug-likeness (QED) is 0.913. The van der Waals surface area contributed by atoms with Gasteiger partial charge in [-0.1, -0.05) is 12.1 Å². The average Bonchev–Trinajstić information content (AvgIpc) is 2.48. The fraction of sp³-hybridized carbons (Fsp3) is 0.625. The summed E-state index contributed by atoms with van der Waals surface area (Å²) in [4.78, 5) is 5.08. The fourth-order valence-electron chi connectivity index (χ4n) is 3.04. The molecule has 110 valence electrons. The molecule has 4 nitrogen and oxygen atoms in total. The van der Waals surface area contributed by atoms with E-state index < -0.39 is 0 Å². The minimum Gasteiger partial charge on any atom is -0.489 e. The summed E-state index contributed by atoms with van der Waals surface area (Å²) in [5.41, 5.74) is 2.46. The summed E-state index contributed by atoms with van der Waals surface area (Å²) in [5, 5.41) is 3.41. The van der Waals surface area contributed by atoms with Crippen molar-refractivity contribution in [3.8, 4) is 5.75 Å². The van der Waals surface area contributed by atoms with Crippen molar-refractivity contribution in [1.29, 1.82) is 0 Å². The van der Waals surface area contributed by atoms with Crippen molar-refractivity contribution in [2.45, 2.75) is 26.4 Å². The molecular formula is C16H25N3O. The van der Waals surface area contributed by atoms with Gasteiger partial charge in [0.2, 0.25) is 0 Å². The first-order valence-electron chi connectivity index (χ1n) is 7.69. The van der Waals surface area contributed by atoms with Crippen LogP contribution in [0.3, 0.4) is 0 Å². The van der Waals surface area contributed by atoms with Crippen molar-refractivity contribution in [2.75, 3.05) is 44.6 Å². The molecule has 1 aromatic carbocycles. The lowest BCUT2D eigenvalue weighted by Gasteiger charge is -2.37. The van der Waals surface area contributed by atoms with Crippen LogP contribution in [0.5, 0.6) is 5.75 Å². The van der Waals surface area contributed by atoms with Gasteiger partial charge in [0.15, 0.2) is 0 Å². The maximum absolute atomic E-state index is 5.86. The lowest BCUT2D eigenvalue weighted by Crippen LogP contribution is -2.48. The first-order chi connectivity index (χ1) is 9.74. The molecule has 4 heteroatoms.